The SMILES string of the molecule is Cc1nnc2sc(C(=O)NC(CC(C)C)C(=O)O)c(C)n12. The minimum Gasteiger partial charge on any atom is -0.480 e. The van der Waals surface area contributed by atoms with Gasteiger partial charge in [0.15, 0.2) is 0 Å². The molecule has 114 valence electrons. The summed E-state index contributed by atoms with van der Waals surface area (Å²) in [5, 5.41) is 19.7. The number of fused-ring (bicyclic) bond motifs is 1. The zero-order chi connectivity index (χ0) is 15.7. The number of nitrogens with one attached hydrogen (secondary N) is 1. The number of rotatable bonds is 5. The van der Waals surface area contributed by atoms with Crippen molar-refractivity contribution in [2.24, 2.45) is 5.92 Å². The topological polar surface area (TPSA) is 96.6 Å². The number of nitrogens with zero attached hydrogens (tertiary/aromatic N) is 3. The molecule has 1 atom stereocenters. The van der Waals surface area contributed by atoms with E-state index in [4.69, 9.17) is 0 Å². The quantitative estimate of drug-likeness (QED) is 0.875. The van der Waals surface area contributed by atoms with Crippen LogP contribution in [0.1, 0.15) is 41.5 Å². The van der Waals surface area contributed by atoms with E-state index < -0.39 is 12.0 Å². The lowest BCUT2D eigenvalue weighted by Gasteiger charge is -2.16. The Labute approximate surface area is 126 Å². The third-order valence-electron chi connectivity index (χ3n) is 3.17. The molecule has 2 heterocycles. The van der Waals surface area contributed by atoms with Gasteiger partial charge < -0.3 is 10.4 Å². The summed E-state index contributed by atoms with van der Waals surface area (Å²) in [6, 6.07) is -0.884. The van der Waals surface area contributed by atoms with Crippen LogP contribution >= 0.6 is 11.3 Å². The first-order valence-corrected chi connectivity index (χ1v) is 7.47. The molecule has 2 aromatic rings. The number of aliphatic carboxylic acids is 1. The smallest absolute Gasteiger partial charge is 0.326 e. The first kappa shape index (κ1) is 15.4. The molecule has 8 heteroatoms. The van der Waals surface area contributed by atoms with Gasteiger partial charge in [-0.2, -0.15) is 0 Å². The maximum absolute atomic E-state index is 12.3. The zero-order valence-corrected chi connectivity index (χ0v) is 13.2. The van der Waals surface area contributed by atoms with Crippen LogP contribution < -0.4 is 5.32 Å². The van der Waals surface area contributed by atoms with Gasteiger partial charge >= 0.3 is 5.97 Å². The van der Waals surface area contributed by atoms with E-state index in [1.165, 1.54) is 11.3 Å². The van der Waals surface area contributed by atoms with Crippen molar-refractivity contribution < 1.29 is 14.7 Å². The molecule has 0 aliphatic rings. The molecular formula is C13H18N4O3S. The van der Waals surface area contributed by atoms with Gasteiger partial charge in [0.1, 0.15) is 16.7 Å². The second-order valence-corrected chi connectivity index (χ2v) is 6.35. The second kappa shape index (κ2) is 5.80. The van der Waals surface area contributed by atoms with Gasteiger partial charge in [-0.1, -0.05) is 25.2 Å². The van der Waals surface area contributed by atoms with Gasteiger partial charge in [0, 0.05) is 5.69 Å². The molecule has 0 aliphatic heterocycles. The molecule has 0 radical (unpaired) electrons. The van der Waals surface area contributed by atoms with Crippen molar-refractivity contribution in [2.75, 3.05) is 0 Å². The Hall–Kier alpha value is -1.96. The minimum absolute atomic E-state index is 0.180. The highest BCUT2D eigenvalue weighted by molar-refractivity contribution is 7.19. The lowest BCUT2D eigenvalue weighted by molar-refractivity contribution is -0.139. The molecule has 0 saturated heterocycles. The molecule has 2 rings (SSSR count). The van der Waals surface area contributed by atoms with E-state index in [1.54, 1.807) is 18.2 Å². The Bertz CT molecular complexity index is 689. The first-order valence-electron chi connectivity index (χ1n) is 6.66. The van der Waals surface area contributed by atoms with E-state index in [1.807, 2.05) is 13.8 Å². The molecule has 0 bridgehead atoms. The normalized spacial score (nSPS) is 12.8. The summed E-state index contributed by atoms with van der Waals surface area (Å²) in [6.45, 7) is 7.44. The van der Waals surface area contributed by atoms with Gasteiger partial charge in [-0.05, 0) is 26.2 Å². The Morgan fingerprint density at radius 1 is 1.33 bits per heavy atom. The van der Waals surface area contributed by atoms with Crippen molar-refractivity contribution in [3.63, 3.8) is 0 Å². The summed E-state index contributed by atoms with van der Waals surface area (Å²) in [6.07, 6.45) is 0.392. The van der Waals surface area contributed by atoms with E-state index in [0.29, 0.717) is 22.1 Å². The summed E-state index contributed by atoms with van der Waals surface area (Å²) >= 11 is 1.21. The number of carbonyl (C=O) groups is 2. The fourth-order valence-corrected chi connectivity index (χ4v) is 3.20. The van der Waals surface area contributed by atoms with Gasteiger partial charge in [0.2, 0.25) is 4.96 Å². The van der Waals surface area contributed by atoms with Crippen molar-refractivity contribution in [2.45, 2.75) is 40.2 Å². The third-order valence-corrected chi connectivity index (χ3v) is 4.30. The number of carboxylic acid groups (broad SMARTS) is 1. The van der Waals surface area contributed by atoms with E-state index in [2.05, 4.69) is 15.5 Å². The lowest BCUT2D eigenvalue weighted by Crippen LogP contribution is -2.41. The summed E-state index contributed by atoms with van der Waals surface area (Å²) in [5.41, 5.74) is 0.726. The maximum Gasteiger partial charge on any atom is 0.326 e. The molecule has 0 saturated carbocycles. The van der Waals surface area contributed by atoms with Crippen molar-refractivity contribution in [3.05, 3.63) is 16.4 Å². The van der Waals surface area contributed by atoms with E-state index >= 15 is 0 Å². The molecule has 0 aliphatic carbocycles. The molecule has 1 amide bonds. The number of carbonyl (C=O) groups excluding carboxylic acids is 1. The van der Waals surface area contributed by atoms with Crippen LogP contribution in [0.25, 0.3) is 4.96 Å². The number of hydrogen-bond donors (Lipinski definition) is 2. The summed E-state index contributed by atoms with van der Waals surface area (Å²) < 4.78 is 1.79. The Morgan fingerprint density at radius 2 is 2.00 bits per heavy atom. The Kier molecular flexibility index (Phi) is 4.26. The van der Waals surface area contributed by atoms with Crippen LogP contribution in [-0.4, -0.2) is 37.6 Å². The van der Waals surface area contributed by atoms with Crippen LogP contribution in [0.5, 0.6) is 0 Å². The summed E-state index contributed by atoms with van der Waals surface area (Å²) in [4.78, 5) is 24.6. The molecule has 2 N–H and O–H groups in total. The Morgan fingerprint density at radius 3 is 2.52 bits per heavy atom. The van der Waals surface area contributed by atoms with Crippen LogP contribution in [-0.2, 0) is 4.79 Å². The van der Waals surface area contributed by atoms with Crippen molar-refractivity contribution in [1.82, 2.24) is 19.9 Å². The van der Waals surface area contributed by atoms with Crippen molar-refractivity contribution in [1.29, 1.82) is 0 Å². The minimum atomic E-state index is -1.02. The third kappa shape index (κ3) is 3.05. The predicted octanol–water partition coefficient (Wildman–Crippen LogP) is 1.64. The average molecular weight is 310 g/mol. The number of aromatic nitrogens is 3. The summed E-state index contributed by atoms with van der Waals surface area (Å²) in [5.74, 6) is -0.515. The van der Waals surface area contributed by atoms with E-state index in [0.717, 1.165) is 5.69 Å². The molecule has 1 unspecified atom stereocenters. The molecular weight excluding hydrogens is 292 g/mol. The van der Waals surface area contributed by atoms with Crippen LogP contribution in [0.2, 0.25) is 0 Å². The fraction of sp³-hybridized carbons (Fsp3) is 0.538. The highest BCUT2D eigenvalue weighted by Gasteiger charge is 2.25. The molecule has 0 spiro atoms. The highest BCUT2D eigenvalue weighted by Crippen LogP contribution is 2.22. The van der Waals surface area contributed by atoms with E-state index in [-0.39, 0.29) is 11.8 Å². The van der Waals surface area contributed by atoms with Gasteiger partial charge in [0.05, 0.1) is 0 Å². The number of carboxylic acids is 1. The predicted molar refractivity (Wildman–Crippen MR) is 78.7 cm³/mol. The number of hydrogen-bond acceptors (Lipinski definition) is 5. The Balaban J connectivity index is 2.25. The monoisotopic (exact) mass is 310 g/mol. The number of aryl methyl sites for hydroxylation is 2. The van der Waals surface area contributed by atoms with Gasteiger partial charge in [-0.15, -0.1) is 10.2 Å². The number of thiazole rings is 1. The highest BCUT2D eigenvalue weighted by atomic mass is 32.1. The first-order chi connectivity index (χ1) is 9.81. The van der Waals surface area contributed by atoms with Gasteiger partial charge in [-0.3, -0.25) is 9.20 Å². The molecule has 0 aromatic carbocycles. The molecule has 2 aromatic heterocycles. The zero-order valence-electron chi connectivity index (χ0n) is 12.4. The maximum atomic E-state index is 12.3. The van der Waals surface area contributed by atoms with Gasteiger partial charge in [-0.25, -0.2) is 4.79 Å². The molecule has 0 fully saturated rings. The second-order valence-electron chi connectivity index (χ2n) is 5.38. The number of amides is 1. The fourth-order valence-electron chi connectivity index (χ4n) is 2.19. The van der Waals surface area contributed by atoms with Crippen molar-refractivity contribution in [3.8, 4) is 0 Å². The average Bonchev–Trinajstić information content (AvgIpc) is 2.90. The van der Waals surface area contributed by atoms with Crippen LogP contribution in [0, 0.1) is 19.8 Å². The van der Waals surface area contributed by atoms with Crippen molar-refractivity contribution >= 4 is 28.2 Å². The van der Waals surface area contributed by atoms with Crippen LogP contribution in [0.3, 0.4) is 0 Å². The van der Waals surface area contributed by atoms with E-state index in [9.17, 15) is 14.7 Å². The standard InChI is InChI=1S/C13H18N4O3S/c1-6(2)5-9(12(19)20)14-11(18)10-7(3)17-8(4)15-16-13(17)21-10/h6,9H,5H2,1-4H3,(H,14,18)(H,19,20). The summed E-state index contributed by atoms with van der Waals surface area (Å²) in [7, 11) is 0. The largest absolute Gasteiger partial charge is 0.480 e. The van der Waals surface area contributed by atoms with Crippen LogP contribution in [0.15, 0.2) is 0 Å². The van der Waals surface area contributed by atoms with Gasteiger partial charge in [0.25, 0.3) is 5.91 Å². The molecule has 7 nitrogen and oxygen atoms in total. The van der Waals surface area contributed by atoms with Crippen LogP contribution in [0.4, 0.5) is 0 Å². The molecule has 21 heavy (non-hydrogen) atoms. The lowest BCUT2D eigenvalue weighted by atomic mass is 10.0.